The van der Waals surface area contributed by atoms with Crippen LogP contribution < -0.4 is 0 Å². The summed E-state index contributed by atoms with van der Waals surface area (Å²) in [7, 11) is -4.64. The van der Waals surface area contributed by atoms with Gasteiger partial charge in [0.15, 0.2) is 0 Å². The third kappa shape index (κ3) is 2.88. The van der Waals surface area contributed by atoms with Crippen molar-refractivity contribution < 1.29 is 21.6 Å². The molecule has 7 heteroatoms. The predicted octanol–water partition coefficient (Wildman–Crippen LogP) is 1.85. The smallest absolute Gasteiger partial charge is 0.246 e. The molecule has 1 fully saturated rings. The van der Waals surface area contributed by atoms with Crippen LogP contribution in [0.5, 0.6) is 0 Å². The Balaban J connectivity index is 2.83. The average molecular weight is 259 g/mol. The first-order valence-corrected chi connectivity index (χ1v) is 6.66. The number of halogens is 3. The topological polar surface area (TPSA) is 37.4 Å². The highest BCUT2D eigenvalue weighted by molar-refractivity contribution is 7.89. The minimum absolute atomic E-state index is 0.00917. The standard InChI is InChI=1S/C9H16F3NO2S/c1-6(2)7-3-8(10)5-13(4-7)16(14,15)9(11)12/h6-9H,3-5H2,1-2H3. The average Bonchev–Trinajstić information content (AvgIpc) is 2.16. The molecule has 96 valence electrons. The molecule has 1 rings (SSSR count). The van der Waals surface area contributed by atoms with Gasteiger partial charge < -0.3 is 0 Å². The number of hydrogen-bond donors (Lipinski definition) is 0. The van der Waals surface area contributed by atoms with Gasteiger partial charge in [0.25, 0.3) is 10.0 Å². The molecule has 1 saturated heterocycles. The number of rotatable bonds is 3. The SMILES string of the molecule is CC(C)C1CC(F)CN(S(=O)(=O)C(F)F)C1. The summed E-state index contributed by atoms with van der Waals surface area (Å²) in [6.07, 6.45) is -1.11. The minimum atomic E-state index is -4.64. The third-order valence-electron chi connectivity index (χ3n) is 2.93. The molecule has 3 nitrogen and oxygen atoms in total. The van der Waals surface area contributed by atoms with Crippen LogP contribution in [0.4, 0.5) is 13.2 Å². The van der Waals surface area contributed by atoms with Gasteiger partial charge in [0.1, 0.15) is 6.17 Å². The molecule has 0 aromatic carbocycles. The monoisotopic (exact) mass is 259 g/mol. The van der Waals surface area contributed by atoms with Crippen molar-refractivity contribution in [3.05, 3.63) is 0 Å². The Bertz CT molecular complexity index is 332. The van der Waals surface area contributed by atoms with Gasteiger partial charge >= 0.3 is 5.76 Å². The van der Waals surface area contributed by atoms with E-state index in [9.17, 15) is 21.6 Å². The highest BCUT2D eigenvalue weighted by atomic mass is 32.2. The van der Waals surface area contributed by atoms with Crippen molar-refractivity contribution in [3.63, 3.8) is 0 Å². The molecule has 0 saturated carbocycles. The lowest BCUT2D eigenvalue weighted by atomic mass is 9.88. The molecule has 1 aliphatic rings. The number of alkyl halides is 3. The molecule has 0 aromatic heterocycles. The molecule has 2 atom stereocenters. The second-order valence-electron chi connectivity index (χ2n) is 4.46. The van der Waals surface area contributed by atoms with Crippen molar-refractivity contribution in [2.75, 3.05) is 13.1 Å². The van der Waals surface area contributed by atoms with Crippen LogP contribution in [0.3, 0.4) is 0 Å². The molecule has 0 amide bonds. The third-order valence-corrected chi connectivity index (χ3v) is 4.39. The zero-order valence-electron chi connectivity index (χ0n) is 9.24. The van der Waals surface area contributed by atoms with E-state index < -0.39 is 28.5 Å². The number of nitrogens with zero attached hydrogens (tertiary/aromatic N) is 1. The van der Waals surface area contributed by atoms with Crippen molar-refractivity contribution in [2.24, 2.45) is 11.8 Å². The normalized spacial score (nSPS) is 28.9. The fourth-order valence-corrected chi connectivity index (χ4v) is 2.83. The van der Waals surface area contributed by atoms with Crippen molar-refractivity contribution in [2.45, 2.75) is 32.2 Å². The van der Waals surface area contributed by atoms with Crippen LogP contribution in [0.2, 0.25) is 0 Å². The summed E-state index contributed by atoms with van der Waals surface area (Å²) in [4.78, 5) is 0. The van der Waals surface area contributed by atoms with Crippen LogP contribution in [-0.2, 0) is 10.0 Å². The first-order chi connectivity index (χ1) is 7.25. The quantitative estimate of drug-likeness (QED) is 0.775. The van der Waals surface area contributed by atoms with Crippen LogP contribution >= 0.6 is 0 Å². The largest absolute Gasteiger partial charge is 0.350 e. The Morgan fingerprint density at radius 2 is 1.81 bits per heavy atom. The van der Waals surface area contributed by atoms with Crippen LogP contribution in [0, 0.1) is 11.8 Å². The first kappa shape index (κ1) is 13.8. The van der Waals surface area contributed by atoms with Gasteiger partial charge in [-0.15, -0.1) is 0 Å². The second kappa shape index (κ2) is 4.91. The van der Waals surface area contributed by atoms with E-state index >= 15 is 0 Å². The fraction of sp³-hybridized carbons (Fsp3) is 1.00. The Labute approximate surface area is 93.7 Å². The van der Waals surface area contributed by atoms with Crippen LogP contribution in [0.25, 0.3) is 0 Å². The molecule has 1 heterocycles. The summed E-state index contributed by atoms with van der Waals surface area (Å²) in [5.74, 6) is -3.59. The van der Waals surface area contributed by atoms with Gasteiger partial charge in [-0.2, -0.15) is 13.1 Å². The predicted molar refractivity (Wildman–Crippen MR) is 54.3 cm³/mol. The fourth-order valence-electron chi connectivity index (χ4n) is 1.84. The van der Waals surface area contributed by atoms with Gasteiger partial charge in [-0.05, 0) is 18.3 Å². The number of piperidine rings is 1. The molecular formula is C9H16F3NO2S. The second-order valence-corrected chi connectivity index (χ2v) is 6.36. The van der Waals surface area contributed by atoms with E-state index in [2.05, 4.69) is 0 Å². The molecule has 1 aliphatic heterocycles. The number of hydrogen-bond acceptors (Lipinski definition) is 2. The first-order valence-electron chi connectivity index (χ1n) is 5.16. The lowest BCUT2D eigenvalue weighted by Crippen LogP contribution is -2.47. The summed E-state index contributed by atoms with van der Waals surface area (Å²) in [6, 6.07) is 0. The molecule has 0 bridgehead atoms. The summed E-state index contributed by atoms with van der Waals surface area (Å²) in [5, 5.41) is 0. The maximum Gasteiger partial charge on any atom is 0.350 e. The minimum Gasteiger partial charge on any atom is -0.246 e. The van der Waals surface area contributed by atoms with Crippen molar-refractivity contribution >= 4 is 10.0 Å². The van der Waals surface area contributed by atoms with Crippen LogP contribution in [0.1, 0.15) is 20.3 Å². The highest BCUT2D eigenvalue weighted by Gasteiger charge is 2.39. The van der Waals surface area contributed by atoms with Crippen molar-refractivity contribution in [1.82, 2.24) is 4.31 Å². The zero-order valence-corrected chi connectivity index (χ0v) is 10.1. The summed E-state index contributed by atoms with van der Waals surface area (Å²) >= 11 is 0. The molecule has 0 aromatic rings. The number of sulfonamides is 1. The van der Waals surface area contributed by atoms with Crippen LogP contribution in [0.15, 0.2) is 0 Å². The molecule has 16 heavy (non-hydrogen) atoms. The van der Waals surface area contributed by atoms with E-state index in [1.807, 2.05) is 13.8 Å². The summed E-state index contributed by atoms with van der Waals surface area (Å²) in [5.41, 5.74) is 0. The van der Waals surface area contributed by atoms with Gasteiger partial charge in [-0.25, -0.2) is 12.8 Å². The Morgan fingerprint density at radius 1 is 1.25 bits per heavy atom. The molecule has 0 spiro atoms. The van der Waals surface area contributed by atoms with Gasteiger partial charge in [0.2, 0.25) is 0 Å². The van der Waals surface area contributed by atoms with E-state index in [1.54, 1.807) is 0 Å². The van der Waals surface area contributed by atoms with Gasteiger partial charge in [-0.1, -0.05) is 13.8 Å². The van der Waals surface area contributed by atoms with E-state index in [4.69, 9.17) is 0 Å². The lowest BCUT2D eigenvalue weighted by Gasteiger charge is -2.35. The Morgan fingerprint density at radius 3 is 2.25 bits per heavy atom. The highest BCUT2D eigenvalue weighted by Crippen LogP contribution is 2.28. The lowest BCUT2D eigenvalue weighted by molar-refractivity contribution is 0.119. The van der Waals surface area contributed by atoms with Crippen LogP contribution in [-0.4, -0.2) is 37.7 Å². The van der Waals surface area contributed by atoms with E-state index in [-0.39, 0.29) is 24.8 Å². The zero-order chi connectivity index (χ0) is 12.5. The molecular weight excluding hydrogens is 243 g/mol. The van der Waals surface area contributed by atoms with E-state index in [0.717, 1.165) is 0 Å². The molecule has 0 radical (unpaired) electrons. The van der Waals surface area contributed by atoms with E-state index in [0.29, 0.717) is 4.31 Å². The maximum absolute atomic E-state index is 13.3. The maximum atomic E-state index is 13.3. The van der Waals surface area contributed by atoms with Gasteiger partial charge in [0.05, 0.1) is 0 Å². The van der Waals surface area contributed by atoms with Gasteiger partial charge in [0, 0.05) is 13.1 Å². The summed E-state index contributed by atoms with van der Waals surface area (Å²) in [6.45, 7) is 3.20. The Kier molecular flexibility index (Phi) is 4.23. The molecule has 0 N–H and O–H groups in total. The molecule has 0 aliphatic carbocycles. The van der Waals surface area contributed by atoms with Crippen molar-refractivity contribution in [3.8, 4) is 0 Å². The van der Waals surface area contributed by atoms with Gasteiger partial charge in [-0.3, -0.25) is 0 Å². The van der Waals surface area contributed by atoms with Crippen molar-refractivity contribution in [1.29, 1.82) is 0 Å². The Hall–Kier alpha value is -0.300. The molecule has 2 unspecified atom stereocenters. The van der Waals surface area contributed by atoms with E-state index in [1.165, 1.54) is 0 Å². The summed E-state index contributed by atoms with van der Waals surface area (Å²) < 4.78 is 60.9.